The fourth-order valence-corrected chi connectivity index (χ4v) is 4.17. The summed E-state index contributed by atoms with van der Waals surface area (Å²) in [6.45, 7) is 6.47. The van der Waals surface area contributed by atoms with Crippen LogP contribution in [-0.2, 0) is 4.79 Å². The minimum absolute atomic E-state index is 0.0967. The highest BCUT2D eigenvalue weighted by Gasteiger charge is 2.21. The first kappa shape index (κ1) is 24.1. The Hall–Kier alpha value is -4.00. The highest BCUT2D eigenvalue weighted by molar-refractivity contribution is 5.94. The summed E-state index contributed by atoms with van der Waals surface area (Å²) in [5.41, 5.74) is 5.52. The number of carbonyl (C=O) groups is 1. The number of amides is 1. The van der Waals surface area contributed by atoms with Crippen LogP contribution >= 0.6 is 0 Å². The molecule has 2 atom stereocenters. The summed E-state index contributed by atoms with van der Waals surface area (Å²) in [7, 11) is 1.78. The number of ether oxygens (including phenoxy) is 1. The first-order valence-corrected chi connectivity index (χ1v) is 11.8. The Bertz CT molecular complexity index is 1230. The number of pyridine rings is 1. The maximum absolute atomic E-state index is 12.8. The van der Waals surface area contributed by atoms with Crippen LogP contribution in [0.5, 0.6) is 5.88 Å². The molecule has 1 aliphatic rings. The number of anilines is 1. The minimum atomic E-state index is -0.525. The molecular weight excluding hydrogens is 438 g/mol. The molecule has 0 saturated heterocycles. The number of allylic oxidation sites excluding steroid dienone is 3. The molecule has 2 heterocycles. The van der Waals surface area contributed by atoms with Crippen molar-refractivity contribution in [3.05, 3.63) is 89.3 Å². The Balaban J connectivity index is 1.61. The lowest BCUT2D eigenvalue weighted by atomic mass is 9.95. The molecule has 0 aliphatic heterocycles. The van der Waals surface area contributed by atoms with E-state index in [2.05, 4.69) is 64.6 Å². The molecule has 2 aromatic heterocycles. The van der Waals surface area contributed by atoms with Gasteiger partial charge in [0.1, 0.15) is 0 Å². The van der Waals surface area contributed by atoms with Gasteiger partial charge in [-0.25, -0.2) is 4.98 Å². The average molecular weight is 470 g/mol. The summed E-state index contributed by atoms with van der Waals surface area (Å²) in [6, 6.07) is 13.6. The van der Waals surface area contributed by atoms with Crippen LogP contribution < -0.4 is 15.4 Å². The molecule has 7 heteroatoms. The number of benzene rings is 1. The SMILES string of the molecule is CNc1nc(OC(CNC(=O)C2=CC=CC(C)C2)c2ccccn2)cc(-c2c(C)cccc2C)n1. The third-order valence-electron chi connectivity index (χ3n) is 5.96. The Morgan fingerprint density at radius 3 is 2.63 bits per heavy atom. The van der Waals surface area contributed by atoms with Crippen LogP contribution in [0.25, 0.3) is 11.3 Å². The van der Waals surface area contributed by atoms with Gasteiger partial charge in [-0.2, -0.15) is 4.98 Å². The van der Waals surface area contributed by atoms with Crippen molar-refractivity contribution in [1.82, 2.24) is 20.3 Å². The summed E-state index contributed by atoms with van der Waals surface area (Å²) in [6.07, 6.45) is 7.80. The molecule has 0 bridgehead atoms. The maximum Gasteiger partial charge on any atom is 0.247 e. The van der Waals surface area contributed by atoms with Gasteiger partial charge in [-0.15, -0.1) is 0 Å². The molecule has 1 amide bonds. The third kappa shape index (κ3) is 5.93. The zero-order valence-corrected chi connectivity index (χ0v) is 20.6. The zero-order chi connectivity index (χ0) is 24.8. The molecule has 35 heavy (non-hydrogen) atoms. The second kappa shape index (κ2) is 11.0. The molecule has 3 aromatic rings. The number of hydrogen-bond acceptors (Lipinski definition) is 6. The van der Waals surface area contributed by atoms with Crippen molar-refractivity contribution in [2.24, 2.45) is 5.92 Å². The number of nitrogens with one attached hydrogen (secondary N) is 2. The van der Waals surface area contributed by atoms with Crippen molar-refractivity contribution in [2.45, 2.75) is 33.3 Å². The van der Waals surface area contributed by atoms with Crippen LogP contribution in [0.4, 0.5) is 5.95 Å². The number of aryl methyl sites for hydroxylation is 2. The van der Waals surface area contributed by atoms with E-state index in [0.29, 0.717) is 29.9 Å². The van der Waals surface area contributed by atoms with Gasteiger partial charge in [0.2, 0.25) is 17.7 Å². The van der Waals surface area contributed by atoms with Gasteiger partial charge in [-0.3, -0.25) is 9.78 Å². The van der Waals surface area contributed by atoms with Crippen molar-refractivity contribution in [3.63, 3.8) is 0 Å². The molecule has 2 N–H and O–H groups in total. The van der Waals surface area contributed by atoms with E-state index < -0.39 is 6.10 Å². The molecule has 180 valence electrons. The predicted octanol–water partition coefficient (Wildman–Crippen LogP) is 4.96. The second-order valence-corrected chi connectivity index (χ2v) is 8.76. The molecular formula is C28H31N5O2. The minimum Gasteiger partial charge on any atom is -0.466 e. The third-order valence-corrected chi connectivity index (χ3v) is 5.96. The van der Waals surface area contributed by atoms with Crippen LogP contribution in [0.2, 0.25) is 0 Å². The Kier molecular flexibility index (Phi) is 7.55. The van der Waals surface area contributed by atoms with Gasteiger partial charge in [-0.05, 0) is 49.4 Å². The van der Waals surface area contributed by atoms with E-state index in [9.17, 15) is 4.79 Å². The van der Waals surface area contributed by atoms with Crippen LogP contribution in [0.1, 0.15) is 36.3 Å². The smallest absolute Gasteiger partial charge is 0.247 e. The fraction of sp³-hybridized carbons (Fsp3) is 0.286. The molecule has 1 aromatic carbocycles. The lowest BCUT2D eigenvalue weighted by Crippen LogP contribution is -2.32. The summed E-state index contributed by atoms with van der Waals surface area (Å²) in [5.74, 6) is 1.10. The Morgan fingerprint density at radius 1 is 1.14 bits per heavy atom. The van der Waals surface area contributed by atoms with Crippen molar-refractivity contribution in [3.8, 4) is 17.1 Å². The fourth-order valence-electron chi connectivity index (χ4n) is 4.17. The highest BCUT2D eigenvalue weighted by Crippen LogP contribution is 2.30. The van der Waals surface area contributed by atoms with Crippen LogP contribution in [-0.4, -0.2) is 34.5 Å². The summed E-state index contributed by atoms with van der Waals surface area (Å²) >= 11 is 0. The van der Waals surface area contributed by atoms with E-state index in [1.54, 1.807) is 13.2 Å². The topological polar surface area (TPSA) is 89.0 Å². The summed E-state index contributed by atoms with van der Waals surface area (Å²) in [5, 5.41) is 6.05. The van der Waals surface area contributed by atoms with Crippen molar-refractivity contribution >= 4 is 11.9 Å². The standard InChI is InChI=1S/C28H31N5O2/c1-18-9-7-12-21(15-18)27(34)31-17-24(22-13-5-6-14-30-22)35-25-16-23(32-28(29-4)33-25)26-19(2)10-8-11-20(26)3/h5-14,16,18,24H,15,17H2,1-4H3,(H,31,34)(H,29,32,33). The number of carbonyl (C=O) groups excluding carboxylic acids is 1. The molecule has 0 radical (unpaired) electrons. The van der Waals surface area contributed by atoms with Gasteiger partial charge in [0, 0.05) is 30.4 Å². The van der Waals surface area contributed by atoms with Gasteiger partial charge >= 0.3 is 0 Å². The zero-order valence-electron chi connectivity index (χ0n) is 20.6. The second-order valence-electron chi connectivity index (χ2n) is 8.76. The van der Waals surface area contributed by atoms with Crippen LogP contribution in [0, 0.1) is 19.8 Å². The normalized spacial score (nSPS) is 15.8. The van der Waals surface area contributed by atoms with Crippen molar-refractivity contribution < 1.29 is 9.53 Å². The molecule has 0 spiro atoms. The lowest BCUT2D eigenvalue weighted by Gasteiger charge is -2.21. The predicted molar refractivity (Wildman–Crippen MR) is 138 cm³/mol. The van der Waals surface area contributed by atoms with Gasteiger partial charge in [0.05, 0.1) is 17.9 Å². The number of nitrogens with zero attached hydrogens (tertiary/aromatic N) is 3. The number of aromatic nitrogens is 3. The van der Waals surface area contributed by atoms with Gasteiger partial charge in [-0.1, -0.05) is 49.4 Å². The molecule has 4 rings (SSSR count). The molecule has 2 unspecified atom stereocenters. The van der Waals surface area contributed by atoms with E-state index >= 15 is 0 Å². The Labute approximate surface area is 206 Å². The van der Waals surface area contributed by atoms with Gasteiger partial charge in [0.15, 0.2) is 6.10 Å². The van der Waals surface area contributed by atoms with Crippen LogP contribution in [0.15, 0.2) is 72.5 Å². The lowest BCUT2D eigenvalue weighted by molar-refractivity contribution is -0.118. The number of rotatable bonds is 8. The molecule has 0 fully saturated rings. The first-order valence-electron chi connectivity index (χ1n) is 11.8. The molecule has 0 saturated carbocycles. The van der Waals surface area contributed by atoms with Crippen molar-refractivity contribution in [2.75, 3.05) is 18.9 Å². The monoisotopic (exact) mass is 469 g/mol. The van der Waals surface area contributed by atoms with E-state index in [4.69, 9.17) is 4.74 Å². The quantitative estimate of drug-likeness (QED) is 0.485. The van der Waals surface area contributed by atoms with E-state index in [-0.39, 0.29) is 12.5 Å². The van der Waals surface area contributed by atoms with Crippen LogP contribution in [0.3, 0.4) is 0 Å². The largest absolute Gasteiger partial charge is 0.466 e. The van der Waals surface area contributed by atoms with E-state index in [1.165, 1.54) is 0 Å². The molecule has 1 aliphatic carbocycles. The first-order chi connectivity index (χ1) is 16.9. The van der Waals surface area contributed by atoms with E-state index in [0.717, 1.165) is 28.0 Å². The van der Waals surface area contributed by atoms with Gasteiger partial charge < -0.3 is 15.4 Å². The summed E-state index contributed by atoms with van der Waals surface area (Å²) in [4.78, 5) is 26.5. The maximum atomic E-state index is 12.8. The van der Waals surface area contributed by atoms with Crippen molar-refractivity contribution in [1.29, 1.82) is 0 Å². The molecule has 7 nitrogen and oxygen atoms in total. The highest BCUT2D eigenvalue weighted by atomic mass is 16.5. The van der Waals surface area contributed by atoms with E-state index in [1.807, 2.05) is 42.5 Å². The van der Waals surface area contributed by atoms with Gasteiger partial charge in [0.25, 0.3) is 0 Å². The number of hydrogen-bond donors (Lipinski definition) is 2. The average Bonchev–Trinajstić information content (AvgIpc) is 2.86. The summed E-state index contributed by atoms with van der Waals surface area (Å²) < 4.78 is 6.34. The Morgan fingerprint density at radius 2 is 1.94 bits per heavy atom.